The van der Waals surface area contributed by atoms with E-state index in [9.17, 15) is 237 Å². The molecule has 0 aromatic carbocycles. The van der Waals surface area contributed by atoms with Gasteiger partial charge in [-0.3, -0.25) is 28.4 Å². The second kappa shape index (κ2) is 21.4. The Morgan fingerprint density at radius 2 is 0.225 bits per heavy atom. The van der Waals surface area contributed by atoms with Crippen molar-refractivity contribution in [1.29, 1.82) is 0 Å². The Hall–Kier alpha value is -4.16. The molecule has 0 spiro atoms. The van der Waals surface area contributed by atoms with Gasteiger partial charge in [-0.2, -0.15) is 246 Å². The van der Waals surface area contributed by atoms with Gasteiger partial charge < -0.3 is 0 Å². The number of halogens is 56. The molecule has 0 aliphatic carbocycles. The Morgan fingerprint density at radius 3 is 0.382 bits per heavy atom. The third kappa shape index (κ3) is 12.5. The molecule has 0 aromatic heterocycles. The Labute approximate surface area is 438 Å². The molecule has 0 aliphatic rings. The minimum absolute atomic E-state index is 0.266. The van der Waals surface area contributed by atoms with E-state index >= 15 is 8.78 Å². The maximum atomic E-state index is 15.2. The van der Waals surface area contributed by atoms with Crippen LogP contribution in [-0.4, -0.2) is 163 Å². The predicted octanol–water partition coefficient (Wildman–Crippen LogP) is 17.6. The summed E-state index contributed by atoms with van der Waals surface area (Å²) in [5, 5.41) is 0. The third-order valence-corrected chi connectivity index (χ3v) is 9.13. The maximum absolute atomic E-state index is 15.2. The fourth-order valence-corrected chi connectivity index (χ4v) is 4.51. The quantitative estimate of drug-likeness (QED) is 0.0898. The summed E-state index contributed by atoms with van der Waals surface area (Å²) in [7, 11) is 0. The van der Waals surface area contributed by atoms with E-state index in [2.05, 4.69) is 0 Å². The van der Waals surface area contributed by atoms with E-state index in [0.29, 0.717) is 14.2 Å². The highest BCUT2D eigenvalue weighted by atomic mass is 19.5. The van der Waals surface area contributed by atoms with Crippen LogP contribution in [0.15, 0.2) is 0 Å². The van der Waals surface area contributed by atoms with Gasteiger partial charge in [-0.25, -0.2) is 0 Å². The van der Waals surface area contributed by atoms with Crippen molar-refractivity contribution in [1.82, 2.24) is 0 Å². The van der Waals surface area contributed by atoms with Crippen LogP contribution in [0.2, 0.25) is 0 Å². The van der Waals surface area contributed by atoms with Crippen molar-refractivity contribution >= 4 is 0 Å². The highest BCUT2D eigenvalue weighted by Gasteiger charge is 2.98. The number of hydrogen-bond acceptors (Lipinski definition) is 6. The molecule has 0 bridgehead atoms. The van der Waals surface area contributed by atoms with E-state index < -0.39 is 163 Å². The van der Waals surface area contributed by atoms with Crippen molar-refractivity contribution in [2.45, 2.75) is 163 Å². The van der Waals surface area contributed by atoms with Gasteiger partial charge in [0.1, 0.15) is 0 Å². The lowest BCUT2D eigenvalue weighted by molar-refractivity contribution is -0.608. The van der Waals surface area contributed by atoms with Crippen LogP contribution in [0.3, 0.4) is 0 Å². The van der Waals surface area contributed by atoms with Crippen LogP contribution in [0.1, 0.15) is 0 Å². The van der Waals surface area contributed by atoms with Crippen molar-refractivity contribution in [2.24, 2.45) is 0 Å². The minimum Gasteiger partial charge on any atom is -0.265 e. The van der Waals surface area contributed by atoms with Crippen molar-refractivity contribution in [3.05, 3.63) is 0 Å². The molecule has 0 N–H and O–H groups in total. The van der Waals surface area contributed by atoms with Gasteiger partial charge >= 0.3 is 163 Å². The first-order valence-corrected chi connectivity index (χ1v) is 18.0. The summed E-state index contributed by atoms with van der Waals surface area (Å²) in [5.41, 5.74) is 0. The Morgan fingerprint density at radius 1 is 0.101 bits per heavy atom. The van der Waals surface area contributed by atoms with Crippen molar-refractivity contribution in [3.8, 4) is 0 Å². The van der Waals surface area contributed by atoms with E-state index in [1.165, 1.54) is 0 Å². The molecule has 0 aromatic rings. The highest BCUT2D eigenvalue weighted by Crippen LogP contribution is 2.68. The topological polar surface area (TPSA) is 55.4 Å². The van der Waals surface area contributed by atoms with Gasteiger partial charge in [0.05, 0.1) is 0 Å². The van der Waals surface area contributed by atoms with E-state index in [0.717, 1.165) is 0 Å². The van der Waals surface area contributed by atoms with Crippen molar-refractivity contribution < 1.29 is 274 Å². The van der Waals surface area contributed by atoms with Gasteiger partial charge in [0, 0.05) is 0 Å². The molecule has 0 fully saturated rings. The first-order valence-electron chi connectivity index (χ1n) is 18.0. The van der Waals surface area contributed by atoms with Crippen LogP contribution in [0.5, 0.6) is 0 Å². The Bertz CT molecular complexity index is 2460. The molecule has 62 heteroatoms. The summed E-state index contributed by atoms with van der Waals surface area (Å²) in [6, 6.07) is 0. The number of hydrogen-bond donors (Lipinski definition) is 0. The van der Waals surface area contributed by atoms with Crippen LogP contribution in [0.25, 0.3) is 0 Å². The SMILES string of the molecule is FC(F)(F)C(F)(F)C(F)(F)OC(F)(C(F)(F)F)C(F)(F)OC(F)(C(F)(F)F)C(F)(F)OC(F)(C(F)(F)F)C(F)(OC(F)(F)C(F)(OC(F)(F)C(F)(OC(F)(F)C(F)(F)C(F)(F)C(F)(F)C(F)(F)C(F)(F)C(F)(F)C(F)(F)F)C(F)(F)F)C(F)(F)F)C(F)(F)F. The molecule has 0 aliphatic heterocycles. The number of rotatable bonds is 24. The van der Waals surface area contributed by atoms with Crippen LogP contribution in [0, 0.1) is 0 Å². The molecule has 0 saturated heterocycles. The van der Waals surface area contributed by atoms with Crippen molar-refractivity contribution in [3.63, 3.8) is 0 Å². The molecular weight excluding hydrogens is 1480 g/mol. The fourth-order valence-electron chi connectivity index (χ4n) is 4.51. The molecule has 0 amide bonds. The monoisotopic (exact) mass is 1480 g/mol. The lowest BCUT2D eigenvalue weighted by atomic mass is 9.90. The largest absolute Gasteiger partial charge is 0.462 e. The predicted molar refractivity (Wildman–Crippen MR) is 142 cm³/mol. The van der Waals surface area contributed by atoms with Crippen LogP contribution in [-0.2, 0) is 28.4 Å². The zero-order valence-corrected chi connectivity index (χ0v) is 37.1. The first kappa shape index (κ1) is 84.8. The normalized spacial score (nSPS) is 20.5. The molecule has 0 heterocycles. The molecule has 0 saturated carbocycles. The number of alkyl halides is 56. The summed E-state index contributed by atoms with van der Waals surface area (Å²) >= 11 is 0. The van der Waals surface area contributed by atoms with Crippen LogP contribution >= 0.6 is 0 Å². The van der Waals surface area contributed by atoms with Crippen LogP contribution in [0.4, 0.5) is 246 Å². The second-order valence-electron chi connectivity index (χ2n) is 15.3. The summed E-state index contributed by atoms with van der Waals surface area (Å²) in [6.07, 6.45) is -136. The maximum Gasteiger partial charge on any atom is 0.462 e. The zero-order chi connectivity index (χ0) is 73.7. The smallest absolute Gasteiger partial charge is 0.265 e. The summed E-state index contributed by atoms with van der Waals surface area (Å²) in [5.74, 6) is -131. The lowest BCUT2D eigenvalue weighted by Crippen LogP contribution is -2.76. The molecule has 6 nitrogen and oxygen atoms in total. The average molecular weight is 1480 g/mol. The Balaban J connectivity index is 8.79. The molecular formula is C27F56O6. The zero-order valence-electron chi connectivity index (χ0n) is 37.1. The second-order valence-corrected chi connectivity index (χ2v) is 15.3. The van der Waals surface area contributed by atoms with E-state index in [1.54, 1.807) is 0 Å². The van der Waals surface area contributed by atoms with Crippen molar-refractivity contribution in [2.75, 3.05) is 0 Å². The van der Waals surface area contributed by atoms with Crippen LogP contribution < -0.4 is 0 Å². The third-order valence-electron chi connectivity index (χ3n) is 9.13. The molecule has 89 heavy (non-hydrogen) atoms. The first-order chi connectivity index (χ1) is 37.2. The van der Waals surface area contributed by atoms with E-state index in [-0.39, 0.29) is 14.2 Å². The standard InChI is InChI=1S/C27F56O6/c28-1(29,3(32,33)5(36,37)14(48,49)50)2(30,31)4(34,35)6(38,39)22(72,73)86-10(44,18(60,61)62)26(80,81)88-12(46,20(66,67)68)24(76,77)84-8(42,16(54,55)56)9(43,17(57,58)59)85-25(78,79)13(47,21(69,70)71)89-27(82,83)11(45,19(63,64)65)87-23(74,75)7(40,41)15(51,52)53. The molecule has 0 radical (unpaired) electrons. The van der Waals surface area contributed by atoms with Gasteiger partial charge in [0.25, 0.3) is 0 Å². The average Bonchev–Trinajstić information content (AvgIpc) is 3.21. The molecule has 536 valence electrons. The summed E-state index contributed by atoms with van der Waals surface area (Å²) < 4.78 is 769. The number of ether oxygens (including phenoxy) is 6. The summed E-state index contributed by atoms with van der Waals surface area (Å²) in [4.78, 5) is 0. The molecule has 6 unspecified atom stereocenters. The molecule has 6 atom stereocenters. The van der Waals surface area contributed by atoms with Gasteiger partial charge in [-0.05, 0) is 0 Å². The minimum atomic E-state index is -10.7. The van der Waals surface area contributed by atoms with E-state index in [4.69, 9.17) is 0 Å². The fraction of sp³-hybridized carbons (Fsp3) is 1.00. The lowest BCUT2D eigenvalue weighted by Gasteiger charge is -2.47. The van der Waals surface area contributed by atoms with E-state index in [1.807, 2.05) is 0 Å². The summed E-state index contributed by atoms with van der Waals surface area (Å²) in [6.45, 7) is 0. The van der Waals surface area contributed by atoms with Gasteiger partial charge in [0.2, 0.25) is 0 Å². The molecule has 0 rings (SSSR count). The Kier molecular flexibility index (Phi) is 20.4. The van der Waals surface area contributed by atoms with Gasteiger partial charge in [-0.1, -0.05) is 0 Å². The highest BCUT2D eigenvalue weighted by molar-refractivity contribution is 5.15. The van der Waals surface area contributed by atoms with Gasteiger partial charge in [0.15, 0.2) is 0 Å². The van der Waals surface area contributed by atoms with Gasteiger partial charge in [-0.15, -0.1) is 0 Å².